The van der Waals surface area contributed by atoms with Crippen LogP contribution < -0.4 is 9.47 Å². The molecule has 0 aliphatic heterocycles. The van der Waals surface area contributed by atoms with Gasteiger partial charge in [0.1, 0.15) is 11.5 Å². The molecule has 0 N–H and O–H groups in total. The third kappa shape index (κ3) is 2.23. The van der Waals surface area contributed by atoms with Crippen LogP contribution in [0.4, 0.5) is 0 Å². The number of ether oxygens (including phenoxy) is 2. The fourth-order valence-electron chi connectivity index (χ4n) is 1.93. The molecular formula is C15H13ClO2. The molecule has 18 heavy (non-hydrogen) atoms. The van der Waals surface area contributed by atoms with Crippen molar-refractivity contribution < 1.29 is 9.47 Å². The van der Waals surface area contributed by atoms with Gasteiger partial charge < -0.3 is 9.47 Å². The molecule has 0 amide bonds. The van der Waals surface area contributed by atoms with Crippen molar-refractivity contribution in [2.45, 2.75) is 0 Å². The maximum atomic E-state index is 5.61. The van der Waals surface area contributed by atoms with E-state index in [0.29, 0.717) is 5.88 Å². The molecular weight excluding hydrogens is 248 g/mol. The lowest BCUT2D eigenvalue weighted by Gasteiger charge is -2.11. The number of halogens is 1. The van der Waals surface area contributed by atoms with Crippen LogP contribution in [0.2, 0.25) is 0 Å². The van der Waals surface area contributed by atoms with E-state index in [1.807, 2.05) is 30.3 Å². The number of methoxy groups -OCH3 is 2. The number of hydrogen-bond acceptors (Lipinski definition) is 2. The van der Waals surface area contributed by atoms with Crippen molar-refractivity contribution in [1.82, 2.24) is 0 Å². The second-order valence-corrected chi connectivity index (χ2v) is 3.90. The van der Waals surface area contributed by atoms with Crippen LogP contribution in [0.15, 0.2) is 30.3 Å². The van der Waals surface area contributed by atoms with Crippen LogP contribution >= 0.6 is 11.6 Å². The van der Waals surface area contributed by atoms with Gasteiger partial charge in [-0.1, -0.05) is 24.0 Å². The lowest BCUT2D eigenvalue weighted by Crippen LogP contribution is -1.91. The van der Waals surface area contributed by atoms with Crippen LogP contribution in [0.1, 0.15) is 5.56 Å². The van der Waals surface area contributed by atoms with Crippen molar-refractivity contribution in [3.05, 3.63) is 35.9 Å². The molecule has 0 fully saturated rings. The molecule has 92 valence electrons. The van der Waals surface area contributed by atoms with Gasteiger partial charge in [0.25, 0.3) is 0 Å². The average molecular weight is 261 g/mol. The van der Waals surface area contributed by atoms with E-state index in [9.17, 15) is 0 Å². The topological polar surface area (TPSA) is 18.5 Å². The molecule has 2 nitrogen and oxygen atoms in total. The minimum absolute atomic E-state index is 0.308. The van der Waals surface area contributed by atoms with Gasteiger partial charge in [0.15, 0.2) is 0 Å². The SMILES string of the molecule is COc1ccc(OC)c2c(C#CCCl)cccc12. The first-order valence-corrected chi connectivity index (χ1v) is 6.03. The highest BCUT2D eigenvalue weighted by Gasteiger charge is 2.09. The molecule has 0 saturated heterocycles. The minimum atomic E-state index is 0.308. The fraction of sp³-hybridized carbons (Fsp3) is 0.200. The van der Waals surface area contributed by atoms with Crippen LogP contribution in [0.3, 0.4) is 0 Å². The summed E-state index contributed by atoms with van der Waals surface area (Å²) in [5.41, 5.74) is 0.893. The Balaban J connectivity index is 2.80. The molecule has 0 atom stereocenters. The highest BCUT2D eigenvalue weighted by molar-refractivity contribution is 6.19. The van der Waals surface area contributed by atoms with Gasteiger partial charge in [-0.25, -0.2) is 0 Å². The minimum Gasteiger partial charge on any atom is -0.496 e. The molecule has 3 heteroatoms. The Labute approximate surface area is 111 Å². The first kappa shape index (κ1) is 12.6. The summed E-state index contributed by atoms with van der Waals surface area (Å²) < 4.78 is 10.7. The van der Waals surface area contributed by atoms with E-state index >= 15 is 0 Å². The van der Waals surface area contributed by atoms with Crippen molar-refractivity contribution >= 4 is 22.4 Å². The van der Waals surface area contributed by atoms with E-state index in [1.165, 1.54) is 0 Å². The molecule has 0 radical (unpaired) electrons. The van der Waals surface area contributed by atoms with Gasteiger partial charge in [-0.05, 0) is 18.2 Å². The zero-order valence-electron chi connectivity index (χ0n) is 10.3. The Bertz CT molecular complexity index is 623. The van der Waals surface area contributed by atoms with Crippen molar-refractivity contribution in [2.75, 3.05) is 20.1 Å². The Morgan fingerprint density at radius 3 is 2.44 bits per heavy atom. The summed E-state index contributed by atoms with van der Waals surface area (Å²) in [6, 6.07) is 9.65. The molecule has 0 unspecified atom stereocenters. The fourth-order valence-corrected chi connectivity index (χ4v) is 2.00. The normalized spacial score (nSPS) is 9.72. The van der Waals surface area contributed by atoms with Gasteiger partial charge in [0.2, 0.25) is 0 Å². The summed E-state index contributed by atoms with van der Waals surface area (Å²) in [5, 5.41) is 1.94. The molecule has 0 aliphatic carbocycles. The molecule has 0 heterocycles. The third-order valence-corrected chi connectivity index (χ3v) is 2.83. The molecule has 0 bridgehead atoms. The van der Waals surface area contributed by atoms with Gasteiger partial charge >= 0.3 is 0 Å². The first-order valence-electron chi connectivity index (χ1n) is 5.50. The van der Waals surface area contributed by atoms with E-state index in [4.69, 9.17) is 21.1 Å². The van der Waals surface area contributed by atoms with Crippen LogP contribution in [0.25, 0.3) is 10.8 Å². The standard InChI is InChI=1S/C15H13ClO2/c1-17-13-8-9-14(18-2)15-11(6-4-10-16)5-3-7-12(13)15/h3,5,7-9H,10H2,1-2H3. The van der Waals surface area contributed by atoms with E-state index in [1.54, 1.807) is 14.2 Å². The number of alkyl halides is 1. The number of rotatable bonds is 2. The highest BCUT2D eigenvalue weighted by atomic mass is 35.5. The summed E-state index contributed by atoms with van der Waals surface area (Å²) in [7, 11) is 3.30. The lowest BCUT2D eigenvalue weighted by molar-refractivity contribution is 0.410. The Morgan fingerprint density at radius 1 is 1.06 bits per heavy atom. The quantitative estimate of drug-likeness (QED) is 0.608. The lowest BCUT2D eigenvalue weighted by atomic mass is 10.0. The van der Waals surface area contributed by atoms with Gasteiger partial charge in [0.05, 0.1) is 20.1 Å². The molecule has 0 aromatic heterocycles. The summed E-state index contributed by atoms with van der Waals surface area (Å²) >= 11 is 5.61. The van der Waals surface area contributed by atoms with Gasteiger partial charge in [-0.2, -0.15) is 0 Å². The molecule has 2 rings (SSSR count). The average Bonchev–Trinajstić information content (AvgIpc) is 2.43. The van der Waals surface area contributed by atoms with E-state index < -0.39 is 0 Å². The maximum Gasteiger partial charge on any atom is 0.128 e. The van der Waals surface area contributed by atoms with Crippen LogP contribution in [0, 0.1) is 11.8 Å². The van der Waals surface area contributed by atoms with E-state index in [0.717, 1.165) is 27.8 Å². The summed E-state index contributed by atoms with van der Waals surface area (Å²) in [6.45, 7) is 0. The largest absolute Gasteiger partial charge is 0.496 e. The smallest absolute Gasteiger partial charge is 0.128 e. The predicted molar refractivity (Wildman–Crippen MR) is 74.7 cm³/mol. The van der Waals surface area contributed by atoms with Gasteiger partial charge in [-0.3, -0.25) is 0 Å². The summed E-state index contributed by atoms with van der Waals surface area (Å²) in [5.74, 6) is 7.81. The summed E-state index contributed by atoms with van der Waals surface area (Å²) in [6.07, 6.45) is 0. The Hall–Kier alpha value is -1.85. The van der Waals surface area contributed by atoms with Crippen molar-refractivity contribution in [3.63, 3.8) is 0 Å². The van der Waals surface area contributed by atoms with Gasteiger partial charge in [-0.15, -0.1) is 11.6 Å². The van der Waals surface area contributed by atoms with Crippen molar-refractivity contribution in [2.24, 2.45) is 0 Å². The molecule has 0 aliphatic rings. The number of fused-ring (bicyclic) bond motifs is 1. The second-order valence-electron chi connectivity index (χ2n) is 3.63. The maximum absolute atomic E-state index is 5.61. The molecule has 2 aromatic rings. The van der Waals surface area contributed by atoms with Crippen LogP contribution in [-0.4, -0.2) is 20.1 Å². The Morgan fingerprint density at radius 2 is 1.78 bits per heavy atom. The Kier molecular flexibility index (Phi) is 3.96. The second kappa shape index (κ2) is 5.66. The van der Waals surface area contributed by atoms with E-state index in [-0.39, 0.29) is 0 Å². The third-order valence-electron chi connectivity index (χ3n) is 2.69. The van der Waals surface area contributed by atoms with E-state index in [2.05, 4.69) is 11.8 Å². The monoisotopic (exact) mass is 260 g/mol. The zero-order chi connectivity index (χ0) is 13.0. The van der Waals surface area contributed by atoms with Crippen LogP contribution in [-0.2, 0) is 0 Å². The molecule has 0 saturated carbocycles. The van der Waals surface area contributed by atoms with Crippen LogP contribution in [0.5, 0.6) is 11.5 Å². The number of hydrogen-bond donors (Lipinski definition) is 0. The van der Waals surface area contributed by atoms with Gasteiger partial charge in [0, 0.05) is 16.3 Å². The first-order chi connectivity index (χ1) is 8.81. The molecule has 0 spiro atoms. The highest BCUT2D eigenvalue weighted by Crippen LogP contribution is 2.34. The number of benzene rings is 2. The van der Waals surface area contributed by atoms with Crippen molar-refractivity contribution in [1.29, 1.82) is 0 Å². The van der Waals surface area contributed by atoms with Crippen molar-refractivity contribution in [3.8, 4) is 23.3 Å². The predicted octanol–water partition coefficient (Wildman–Crippen LogP) is 3.45. The zero-order valence-corrected chi connectivity index (χ0v) is 11.0. The summed E-state index contributed by atoms with van der Waals surface area (Å²) in [4.78, 5) is 0. The molecule has 2 aromatic carbocycles.